The summed E-state index contributed by atoms with van der Waals surface area (Å²) in [4.78, 5) is 13.0. The monoisotopic (exact) mass is 466 g/mol. The third-order valence-electron chi connectivity index (χ3n) is 5.53. The van der Waals surface area contributed by atoms with Gasteiger partial charge in [-0.25, -0.2) is 0 Å². The lowest BCUT2D eigenvalue weighted by molar-refractivity contribution is -0.277. The van der Waals surface area contributed by atoms with E-state index in [1.54, 1.807) is 0 Å². The summed E-state index contributed by atoms with van der Waals surface area (Å²) < 4.78 is 16.4. The summed E-state index contributed by atoms with van der Waals surface area (Å²) in [5.41, 5.74) is -0.131. The second kappa shape index (κ2) is 8.67. The topological polar surface area (TPSA) is 207 Å². The summed E-state index contributed by atoms with van der Waals surface area (Å²) >= 11 is 0. The number of hydrogen-bond acceptors (Lipinski definition) is 12. The van der Waals surface area contributed by atoms with Crippen LogP contribution < -0.4 is 9.47 Å². The molecule has 2 aliphatic heterocycles. The molecule has 1 saturated heterocycles. The van der Waals surface area contributed by atoms with Gasteiger partial charge in [-0.15, -0.1) is 0 Å². The van der Waals surface area contributed by atoms with Crippen LogP contribution in [0.2, 0.25) is 0 Å². The van der Waals surface area contributed by atoms with Crippen molar-refractivity contribution in [2.24, 2.45) is 0 Å². The zero-order valence-corrected chi connectivity index (χ0v) is 16.8. The molecule has 12 heteroatoms. The number of phenolic OH excluding ortho intramolecular Hbond substituents is 3. The number of benzene rings is 2. The van der Waals surface area contributed by atoms with E-state index in [0.29, 0.717) is 0 Å². The fourth-order valence-corrected chi connectivity index (χ4v) is 3.75. The first-order chi connectivity index (χ1) is 15.6. The van der Waals surface area contributed by atoms with Gasteiger partial charge in [0, 0.05) is 12.1 Å². The number of phenols is 3. The van der Waals surface area contributed by atoms with E-state index in [4.69, 9.17) is 14.2 Å². The predicted octanol–water partition coefficient (Wildman–Crippen LogP) is -1.34. The molecule has 178 valence electrons. The van der Waals surface area contributed by atoms with Crippen LogP contribution in [0.5, 0.6) is 28.7 Å². The number of Topliss-reactive ketones (excluding diaryl/α,β-unsaturated/α-hetero) is 1. The van der Waals surface area contributed by atoms with Crippen LogP contribution in [0.25, 0.3) is 0 Å². The van der Waals surface area contributed by atoms with Crippen LogP contribution in [0.4, 0.5) is 0 Å². The van der Waals surface area contributed by atoms with E-state index < -0.39 is 72.6 Å². The number of aliphatic hydroxyl groups excluding tert-OH is 5. The summed E-state index contributed by atoms with van der Waals surface area (Å²) in [6, 6.07) is 5.68. The molecule has 0 bridgehead atoms. The van der Waals surface area contributed by atoms with Crippen molar-refractivity contribution < 1.29 is 59.9 Å². The van der Waals surface area contributed by atoms with Crippen LogP contribution in [-0.4, -0.2) is 90.1 Å². The molecule has 2 aromatic rings. The minimum absolute atomic E-state index is 0.163. The number of carbonyl (C=O) groups is 1. The van der Waals surface area contributed by atoms with Crippen molar-refractivity contribution in [3.63, 3.8) is 0 Å². The number of aromatic hydroxyl groups is 3. The molecule has 1 fully saturated rings. The summed E-state index contributed by atoms with van der Waals surface area (Å²) in [7, 11) is 0. The lowest BCUT2D eigenvalue weighted by atomic mass is 9.92. The highest BCUT2D eigenvalue weighted by Crippen LogP contribution is 2.44. The third kappa shape index (κ3) is 4.04. The van der Waals surface area contributed by atoms with E-state index >= 15 is 0 Å². The maximum atomic E-state index is 13.0. The zero-order chi connectivity index (χ0) is 24.0. The van der Waals surface area contributed by atoms with Gasteiger partial charge in [-0.1, -0.05) is 6.07 Å². The first-order valence-electron chi connectivity index (χ1n) is 9.87. The maximum absolute atomic E-state index is 13.0. The average Bonchev–Trinajstić information content (AvgIpc) is 2.78. The fourth-order valence-electron chi connectivity index (χ4n) is 3.75. The molecule has 2 aromatic carbocycles. The Morgan fingerprint density at radius 3 is 2.30 bits per heavy atom. The zero-order valence-electron chi connectivity index (χ0n) is 16.8. The lowest BCUT2D eigenvalue weighted by Crippen LogP contribution is -2.60. The Balaban J connectivity index is 1.68. The smallest absolute Gasteiger partial charge is 0.229 e. The molecule has 2 heterocycles. The van der Waals surface area contributed by atoms with Gasteiger partial charge in [0.05, 0.1) is 6.61 Å². The van der Waals surface area contributed by atoms with Crippen LogP contribution in [0.3, 0.4) is 0 Å². The molecule has 2 aliphatic rings. The molecule has 0 amide bonds. The predicted molar refractivity (Wildman–Crippen MR) is 106 cm³/mol. The molecule has 0 aliphatic carbocycles. The highest BCUT2D eigenvalue weighted by Gasteiger charge is 2.46. The van der Waals surface area contributed by atoms with E-state index in [9.17, 15) is 45.6 Å². The highest BCUT2D eigenvalue weighted by atomic mass is 16.7. The Hall–Kier alpha value is -3.13. The van der Waals surface area contributed by atoms with Gasteiger partial charge in [0.25, 0.3) is 0 Å². The normalized spacial score (nSPS) is 31.5. The second-order valence-electron chi connectivity index (χ2n) is 7.73. The van der Waals surface area contributed by atoms with E-state index in [2.05, 4.69) is 0 Å². The maximum Gasteiger partial charge on any atom is 0.229 e. The Morgan fingerprint density at radius 1 is 0.909 bits per heavy atom. The van der Waals surface area contributed by atoms with Crippen molar-refractivity contribution in [3.05, 3.63) is 41.5 Å². The number of ether oxygens (including phenoxy) is 3. The number of ketones is 1. The standard InChI is InChI=1S/C21H22O12/c22-6-13-15(26)17(28)19(30)21(33-13)32-12-5-8(23)4-11-14(12)16(27)18(29)20(31-11)7-1-2-9(24)10(25)3-7/h1-5,13,15,17-26,28-30H,6H2/t13-,15+,17+,18+,19-,20+,21-/m1/s1. The van der Waals surface area contributed by atoms with Crippen LogP contribution in [0.15, 0.2) is 30.3 Å². The van der Waals surface area contributed by atoms with Gasteiger partial charge in [0.15, 0.2) is 23.7 Å². The van der Waals surface area contributed by atoms with Crippen molar-refractivity contribution in [1.29, 1.82) is 0 Å². The van der Waals surface area contributed by atoms with Gasteiger partial charge in [0.1, 0.15) is 47.2 Å². The molecule has 0 saturated carbocycles. The SMILES string of the molecule is O=C1c2c(O[C@@H]3O[C@H](CO)[C@H](O)[C@H](O)[C@H]3O)cc(O)cc2O[C@@H](c2ccc(O)c(O)c2)[C@H]1O. The third-order valence-corrected chi connectivity index (χ3v) is 5.53. The van der Waals surface area contributed by atoms with Gasteiger partial charge in [-0.05, 0) is 17.7 Å². The van der Waals surface area contributed by atoms with E-state index in [1.807, 2.05) is 0 Å². The lowest BCUT2D eigenvalue weighted by Gasteiger charge is -2.40. The summed E-state index contributed by atoms with van der Waals surface area (Å²) in [5.74, 6) is -2.75. The van der Waals surface area contributed by atoms with E-state index in [0.717, 1.165) is 24.3 Å². The molecule has 0 spiro atoms. The average molecular weight is 466 g/mol. The highest BCUT2D eigenvalue weighted by molar-refractivity contribution is 6.05. The van der Waals surface area contributed by atoms with Gasteiger partial charge in [0.2, 0.25) is 12.1 Å². The van der Waals surface area contributed by atoms with Crippen molar-refractivity contribution >= 4 is 5.78 Å². The van der Waals surface area contributed by atoms with Crippen LogP contribution >= 0.6 is 0 Å². The fraction of sp³-hybridized carbons (Fsp3) is 0.381. The van der Waals surface area contributed by atoms with E-state index in [1.165, 1.54) is 6.07 Å². The molecule has 0 radical (unpaired) electrons. The van der Waals surface area contributed by atoms with Crippen molar-refractivity contribution in [2.45, 2.75) is 42.9 Å². The molecule has 8 N–H and O–H groups in total. The molecule has 0 unspecified atom stereocenters. The van der Waals surface area contributed by atoms with Gasteiger partial charge >= 0.3 is 0 Å². The second-order valence-corrected chi connectivity index (χ2v) is 7.73. The van der Waals surface area contributed by atoms with Crippen LogP contribution in [0, 0.1) is 0 Å². The Bertz CT molecular complexity index is 1050. The molecular weight excluding hydrogens is 444 g/mol. The molecule has 0 aromatic heterocycles. The number of fused-ring (bicyclic) bond motifs is 1. The largest absolute Gasteiger partial charge is 0.508 e. The Labute approximate surface area is 186 Å². The van der Waals surface area contributed by atoms with Crippen molar-refractivity contribution in [3.8, 4) is 28.7 Å². The van der Waals surface area contributed by atoms with Gasteiger partial charge < -0.3 is 55.1 Å². The number of aliphatic hydroxyl groups is 5. The molecule has 7 atom stereocenters. The van der Waals surface area contributed by atoms with Gasteiger partial charge in [-0.2, -0.15) is 0 Å². The van der Waals surface area contributed by atoms with Crippen molar-refractivity contribution in [1.82, 2.24) is 0 Å². The Kier molecular flexibility index (Phi) is 6.05. The van der Waals surface area contributed by atoms with Crippen LogP contribution in [-0.2, 0) is 4.74 Å². The van der Waals surface area contributed by atoms with E-state index in [-0.39, 0.29) is 22.6 Å². The summed E-state index contributed by atoms with van der Waals surface area (Å²) in [6.07, 6.45) is -11.1. The van der Waals surface area contributed by atoms with Gasteiger partial charge in [-0.3, -0.25) is 4.79 Å². The minimum Gasteiger partial charge on any atom is -0.508 e. The minimum atomic E-state index is -1.78. The summed E-state index contributed by atoms with van der Waals surface area (Å²) in [5, 5.41) is 79.3. The van der Waals surface area contributed by atoms with Crippen LogP contribution in [0.1, 0.15) is 22.0 Å². The molecule has 4 rings (SSSR count). The van der Waals surface area contributed by atoms with Crippen molar-refractivity contribution in [2.75, 3.05) is 6.61 Å². The summed E-state index contributed by atoms with van der Waals surface area (Å²) in [6.45, 7) is -0.704. The molecular formula is C21H22O12. The number of carbonyl (C=O) groups excluding carboxylic acids is 1. The Morgan fingerprint density at radius 2 is 1.64 bits per heavy atom. The molecule has 12 nitrogen and oxygen atoms in total. The molecule has 33 heavy (non-hydrogen) atoms. The first kappa shape index (κ1) is 23.0. The first-order valence-corrected chi connectivity index (χ1v) is 9.87. The number of hydrogen-bond donors (Lipinski definition) is 8. The quantitative estimate of drug-likeness (QED) is 0.246. The number of rotatable bonds is 4.